The van der Waals surface area contributed by atoms with E-state index in [4.69, 9.17) is 5.11 Å². The molecule has 1 unspecified atom stereocenters. The summed E-state index contributed by atoms with van der Waals surface area (Å²) >= 11 is 0. The lowest BCUT2D eigenvalue weighted by atomic mass is 10.2. The Morgan fingerprint density at radius 2 is 1.94 bits per heavy atom. The molecule has 0 aromatic heterocycles. The summed E-state index contributed by atoms with van der Waals surface area (Å²) in [6.07, 6.45) is 1.57. The van der Waals surface area contributed by atoms with Crippen molar-refractivity contribution in [3.8, 4) is 0 Å². The lowest BCUT2D eigenvalue weighted by Gasteiger charge is -2.27. The normalized spacial score (nSPS) is 11.9. The topological polar surface area (TPSA) is 81.7 Å². The van der Waals surface area contributed by atoms with Crippen LogP contribution < -0.4 is 10.6 Å². The van der Waals surface area contributed by atoms with E-state index in [2.05, 4.69) is 10.6 Å². The third-order valence-electron chi connectivity index (χ3n) is 2.75. The first-order valence-electron chi connectivity index (χ1n) is 6.49. The van der Waals surface area contributed by atoms with Crippen LogP contribution in [0.4, 0.5) is 4.79 Å². The monoisotopic (exact) mass is 259 g/mol. The Hall–Kier alpha value is -1.30. The molecule has 0 aliphatic carbocycles. The molecule has 0 bridgehead atoms. The third kappa shape index (κ3) is 7.11. The van der Waals surface area contributed by atoms with Crippen LogP contribution in [0.5, 0.6) is 0 Å². The van der Waals surface area contributed by atoms with Gasteiger partial charge >= 0.3 is 12.0 Å². The van der Waals surface area contributed by atoms with E-state index in [1.54, 1.807) is 0 Å². The summed E-state index contributed by atoms with van der Waals surface area (Å²) in [5, 5.41) is 14.7. The van der Waals surface area contributed by atoms with Crippen LogP contribution >= 0.6 is 0 Å². The second kappa shape index (κ2) is 9.70. The number of carboxylic acid groups (broad SMARTS) is 1. The minimum absolute atomic E-state index is 0.0742. The highest BCUT2D eigenvalue weighted by Crippen LogP contribution is 2.03. The largest absolute Gasteiger partial charge is 0.480 e. The van der Waals surface area contributed by atoms with Gasteiger partial charge in [-0.1, -0.05) is 13.8 Å². The van der Waals surface area contributed by atoms with Gasteiger partial charge in [0.2, 0.25) is 0 Å². The molecular weight excluding hydrogens is 234 g/mol. The fraction of sp³-hybridized carbons (Fsp3) is 0.833. The first-order chi connectivity index (χ1) is 8.52. The summed E-state index contributed by atoms with van der Waals surface area (Å²) in [5.41, 5.74) is 0. The molecule has 6 heteroatoms. The number of aliphatic carboxylic acids is 1. The van der Waals surface area contributed by atoms with Gasteiger partial charge in [-0.2, -0.15) is 0 Å². The zero-order valence-electron chi connectivity index (χ0n) is 11.5. The minimum atomic E-state index is -0.988. The number of amides is 2. The van der Waals surface area contributed by atoms with Crippen LogP contribution in [0.2, 0.25) is 0 Å². The van der Waals surface area contributed by atoms with Crippen LogP contribution in [0, 0.1) is 0 Å². The van der Waals surface area contributed by atoms with E-state index < -0.39 is 5.97 Å². The van der Waals surface area contributed by atoms with Crippen LogP contribution in [0.1, 0.15) is 33.6 Å². The van der Waals surface area contributed by atoms with Gasteiger partial charge in [0.05, 0.1) is 0 Å². The first-order valence-corrected chi connectivity index (χ1v) is 6.49. The Bertz CT molecular complexity index is 259. The van der Waals surface area contributed by atoms with Gasteiger partial charge in [0.25, 0.3) is 0 Å². The highest BCUT2D eigenvalue weighted by Gasteiger charge is 2.20. The number of carbonyl (C=O) groups excluding carboxylic acids is 1. The van der Waals surface area contributed by atoms with Crippen LogP contribution in [0.15, 0.2) is 0 Å². The Morgan fingerprint density at radius 3 is 2.44 bits per heavy atom. The molecule has 106 valence electrons. The SMILES string of the molecule is CCNCCCNC(=O)N(CC(=O)O)C(C)CC. The van der Waals surface area contributed by atoms with E-state index in [1.165, 1.54) is 4.90 Å². The Kier molecular flexibility index (Phi) is 9.00. The Labute approximate surface area is 109 Å². The lowest BCUT2D eigenvalue weighted by molar-refractivity contribution is -0.138. The molecule has 0 fully saturated rings. The molecule has 18 heavy (non-hydrogen) atoms. The maximum absolute atomic E-state index is 11.8. The van der Waals surface area contributed by atoms with E-state index in [0.29, 0.717) is 6.54 Å². The number of carbonyl (C=O) groups is 2. The smallest absolute Gasteiger partial charge is 0.323 e. The van der Waals surface area contributed by atoms with Crippen molar-refractivity contribution in [2.45, 2.75) is 39.7 Å². The van der Waals surface area contributed by atoms with Crippen molar-refractivity contribution >= 4 is 12.0 Å². The van der Waals surface area contributed by atoms with Crippen molar-refractivity contribution in [3.63, 3.8) is 0 Å². The molecule has 0 saturated heterocycles. The van der Waals surface area contributed by atoms with E-state index >= 15 is 0 Å². The number of nitrogens with one attached hydrogen (secondary N) is 2. The predicted octanol–water partition coefficient (Wildman–Crippen LogP) is 0.881. The molecule has 0 saturated carbocycles. The van der Waals surface area contributed by atoms with Crippen LogP contribution in [0.3, 0.4) is 0 Å². The highest BCUT2D eigenvalue weighted by molar-refractivity contribution is 5.80. The molecule has 0 heterocycles. The van der Waals surface area contributed by atoms with Crippen molar-refractivity contribution in [2.24, 2.45) is 0 Å². The molecule has 0 aromatic rings. The average molecular weight is 259 g/mol. The summed E-state index contributed by atoms with van der Waals surface area (Å²) < 4.78 is 0. The van der Waals surface area contributed by atoms with Crippen LogP contribution in [-0.4, -0.2) is 54.2 Å². The summed E-state index contributed by atoms with van der Waals surface area (Å²) in [6.45, 7) is 7.85. The number of nitrogens with zero attached hydrogens (tertiary/aromatic N) is 1. The van der Waals surface area contributed by atoms with Crippen molar-refractivity contribution < 1.29 is 14.7 Å². The number of urea groups is 1. The summed E-state index contributed by atoms with van der Waals surface area (Å²) in [5.74, 6) is -0.988. The molecule has 0 rings (SSSR count). The molecule has 0 radical (unpaired) electrons. The van der Waals surface area contributed by atoms with Crippen molar-refractivity contribution in [1.82, 2.24) is 15.5 Å². The number of carboxylic acids is 1. The van der Waals surface area contributed by atoms with Gasteiger partial charge in [-0.05, 0) is 32.9 Å². The summed E-state index contributed by atoms with van der Waals surface area (Å²) in [6, 6.07) is -0.377. The zero-order valence-corrected chi connectivity index (χ0v) is 11.5. The Balaban J connectivity index is 4.09. The van der Waals surface area contributed by atoms with Crippen LogP contribution in [-0.2, 0) is 4.79 Å². The van der Waals surface area contributed by atoms with Crippen molar-refractivity contribution in [2.75, 3.05) is 26.2 Å². The van der Waals surface area contributed by atoms with Gasteiger partial charge in [-0.3, -0.25) is 4.79 Å². The standard InChI is InChI=1S/C12H25N3O3/c1-4-10(3)15(9-11(16)17)12(18)14-8-6-7-13-5-2/h10,13H,4-9H2,1-3H3,(H,14,18)(H,16,17). The molecule has 3 N–H and O–H groups in total. The lowest BCUT2D eigenvalue weighted by Crippen LogP contribution is -2.47. The van der Waals surface area contributed by atoms with E-state index in [9.17, 15) is 9.59 Å². The van der Waals surface area contributed by atoms with E-state index in [1.807, 2.05) is 20.8 Å². The highest BCUT2D eigenvalue weighted by atomic mass is 16.4. The molecule has 0 aromatic carbocycles. The molecule has 0 aliphatic rings. The van der Waals surface area contributed by atoms with Crippen molar-refractivity contribution in [1.29, 1.82) is 0 Å². The second-order valence-corrected chi connectivity index (χ2v) is 4.22. The van der Waals surface area contributed by atoms with Gasteiger partial charge in [0, 0.05) is 12.6 Å². The molecule has 1 atom stereocenters. The number of rotatable bonds is 9. The first kappa shape index (κ1) is 16.7. The average Bonchev–Trinajstić information content (AvgIpc) is 2.34. The second-order valence-electron chi connectivity index (χ2n) is 4.22. The summed E-state index contributed by atoms with van der Waals surface area (Å²) in [7, 11) is 0. The Morgan fingerprint density at radius 1 is 1.28 bits per heavy atom. The number of hydrogen-bond donors (Lipinski definition) is 3. The predicted molar refractivity (Wildman–Crippen MR) is 70.7 cm³/mol. The fourth-order valence-corrected chi connectivity index (χ4v) is 1.48. The third-order valence-corrected chi connectivity index (χ3v) is 2.75. The quantitative estimate of drug-likeness (QED) is 0.537. The maximum Gasteiger partial charge on any atom is 0.323 e. The summed E-state index contributed by atoms with van der Waals surface area (Å²) in [4.78, 5) is 23.9. The van der Waals surface area contributed by atoms with Gasteiger partial charge < -0.3 is 20.6 Å². The maximum atomic E-state index is 11.8. The molecule has 6 nitrogen and oxygen atoms in total. The van der Waals surface area contributed by atoms with Crippen LogP contribution in [0.25, 0.3) is 0 Å². The minimum Gasteiger partial charge on any atom is -0.480 e. The van der Waals surface area contributed by atoms with Crippen molar-refractivity contribution in [3.05, 3.63) is 0 Å². The van der Waals surface area contributed by atoms with Gasteiger partial charge in [-0.15, -0.1) is 0 Å². The number of hydrogen-bond acceptors (Lipinski definition) is 3. The van der Waals surface area contributed by atoms with E-state index in [0.717, 1.165) is 25.9 Å². The molecule has 0 aliphatic heterocycles. The molecule has 0 spiro atoms. The fourth-order valence-electron chi connectivity index (χ4n) is 1.48. The van der Waals surface area contributed by atoms with Gasteiger partial charge in [0.1, 0.15) is 6.54 Å². The van der Waals surface area contributed by atoms with Gasteiger partial charge in [-0.25, -0.2) is 4.79 Å². The van der Waals surface area contributed by atoms with Gasteiger partial charge in [0.15, 0.2) is 0 Å². The molecule has 2 amide bonds. The molecular formula is C12H25N3O3. The zero-order chi connectivity index (χ0) is 14.0. The van der Waals surface area contributed by atoms with E-state index in [-0.39, 0.29) is 18.6 Å².